The highest BCUT2D eigenvalue weighted by atomic mass is 79.9. The first-order valence-electron chi connectivity index (χ1n) is 12.3. The zero-order valence-electron chi connectivity index (χ0n) is 21.0. The summed E-state index contributed by atoms with van der Waals surface area (Å²) < 4.78 is 1.93. The standard InChI is InChI=1S/C15H14BrN3O.C14H13BrO3/c1-8-14-12(19-15(17)18-8)6-9(7-13(14)20)10-4-2-3-5-11(10)16;1-8(16)14-12(17)6-9(7-13(14)18)10-4-2-3-5-11(10)15/h2-5,9H,6-7H2,1H3,(H2,17,18,19);2-5,9,14H,6-7H2,1H3. The van der Waals surface area contributed by atoms with E-state index >= 15 is 0 Å². The molecule has 2 aromatic carbocycles. The zero-order valence-corrected chi connectivity index (χ0v) is 24.2. The molecule has 38 heavy (non-hydrogen) atoms. The van der Waals surface area contributed by atoms with Crippen molar-refractivity contribution in [3.8, 4) is 0 Å². The largest absolute Gasteiger partial charge is 0.368 e. The number of halogens is 2. The van der Waals surface area contributed by atoms with Gasteiger partial charge in [0.25, 0.3) is 0 Å². The number of anilines is 1. The number of benzene rings is 2. The summed E-state index contributed by atoms with van der Waals surface area (Å²) in [6.45, 7) is 3.12. The number of rotatable bonds is 3. The van der Waals surface area contributed by atoms with Crippen LogP contribution in [0.3, 0.4) is 0 Å². The van der Waals surface area contributed by atoms with Crippen molar-refractivity contribution in [1.82, 2.24) is 9.97 Å². The lowest BCUT2D eigenvalue weighted by Gasteiger charge is -2.25. The van der Waals surface area contributed by atoms with Crippen molar-refractivity contribution < 1.29 is 19.2 Å². The summed E-state index contributed by atoms with van der Waals surface area (Å²) in [4.78, 5) is 55.8. The number of hydrogen-bond donors (Lipinski definition) is 1. The number of aromatic nitrogens is 2. The van der Waals surface area contributed by atoms with Gasteiger partial charge in [0, 0.05) is 28.2 Å². The minimum Gasteiger partial charge on any atom is -0.368 e. The minimum atomic E-state index is -1.02. The predicted octanol–water partition coefficient (Wildman–Crippen LogP) is 5.71. The lowest BCUT2D eigenvalue weighted by molar-refractivity contribution is -0.141. The van der Waals surface area contributed by atoms with Crippen LogP contribution in [0.4, 0.5) is 5.95 Å². The summed E-state index contributed by atoms with van der Waals surface area (Å²) in [5, 5.41) is 0. The van der Waals surface area contributed by atoms with E-state index in [-0.39, 0.29) is 53.8 Å². The summed E-state index contributed by atoms with van der Waals surface area (Å²) in [5.41, 5.74) is 9.91. The Balaban J connectivity index is 0.000000178. The molecule has 196 valence electrons. The zero-order chi connectivity index (χ0) is 27.6. The quantitative estimate of drug-likeness (QED) is 0.364. The Hall–Kier alpha value is -3.04. The number of fused-ring (bicyclic) bond motifs is 1. The van der Waals surface area contributed by atoms with Crippen LogP contribution in [0.1, 0.15) is 70.9 Å². The van der Waals surface area contributed by atoms with Crippen molar-refractivity contribution >= 4 is 60.9 Å². The second-order valence-corrected chi connectivity index (χ2v) is 11.4. The predicted molar refractivity (Wildman–Crippen MR) is 151 cm³/mol. The Morgan fingerprint density at radius 3 is 1.82 bits per heavy atom. The van der Waals surface area contributed by atoms with Crippen LogP contribution in [0, 0.1) is 12.8 Å². The monoisotopic (exact) mass is 639 g/mol. The number of carbonyl (C=O) groups is 4. The molecular weight excluding hydrogens is 614 g/mol. The maximum atomic E-state index is 12.4. The molecule has 1 aromatic heterocycles. The topological polar surface area (TPSA) is 120 Å². The number of carbonyl (C=O) groups excluding carboxylic acids is 4. The number of Topliss-reactive ketones (excluding diaryl/α,β-unsaturated/α-hetero) is 4. The van der Waals surface area contributed by atoms with Gasteiger partial charge in [-0.1, -0.05) is 68.3 Å². The van der Waals surface area contributed by atoms with Gasteiger partial charge in [-0.05, 0) is 55.4 Å². The second-order valence-electron chi connectivity index (χ2n) is 9.64. The van der Waals surface area contributed by atoms with E-state index in [2.05, 4.69) is 41.8 Å². The van der Waals surface area contributed by atoms with Gasteiger partial charge in [-0.25, -0.2) is 9.97 Å². The second kappa shape index (κ2) is 11.8. The third-order valence-electron chi connectivity index (χ3n) is 6.97. The maximum absolute atomic E-state index is 12.4. The van der Waals surface area contributed by atoms with Crippen LogP contribution in [-0.4, -0.2) is 33.1 Å². The number of ketones is 4. The molecule has 9 heteroatoms. The van der Waals surface area contributed by atoms with Crippen LogP contribution in [-0.2, 0) is 20.8 Å². The molecule has 3 aromatic rings. The fourth-order valence-electron chi connectivity index (χ4n) is 5.28. The first kappa shape index (κ1) is 28.0. The highest BCUT2D eigenvalue weighted by Gasteiger charge is 2.39. The molecule has 0 bridgehead atoms. The van der Waals surface area contributed by atoms with E-state index in [9.17, 15) is 19.2 Å². The van der Waals surface area contributed by atoms with E-state index in [1.54, 1.807) is 0 Å². The van der Waals surface area contributed by atoms with Gasteiger partial charge in [0.1, 0.15) is 11.7 Å². The van der Waals surface area contributed by atoms with E-state index in [1.807, 2.05) is 55.5 Å². The van der Waals surface area contributed by atoms with Crippen molar-refractivity contribution in [1.29, 1.82) is 0 Å². The molecular formula is C29H27Br2N3O4. The molecule has 7 nitrogen and oxygen atoms in total. The van der Waals surface area contributed by atoms with Crippen LogP contribution in [0.2, 0.25) is 0 Å². The van der Waals surface area contributed by atoms with E-state index < -0.39 is 5.92 Å². The van der Waals surface area contributed by atoms with Crippen LogP contribution in [0.15, 0.2) is 57.5 Å². The van der Waals surface area contributed by atoms with Crippen molar-refractivity contribution in [2.24, 2.45) is 5.92 Å². The molecule has 1 saturated carbocycles. The average molecular weight is 641 g/mol. The Bertz CT molecular complexity index is 1420. The van der Waals surface area contributed by atoms with E-state index in [0.717, 1.165) is 32.2 Å². The molecule has 0 saturated heterocycles. The van der Waals surface area contributed by atoms with Gasteiger partial charge in [-0.2, -0.15) is 0 Å². The third-order valence-corrected chi connectivity index (χ3v) is 8.41. The van der Waals surface area contributed by atoms with Gasteiger partial charge in [0.05, 0.1) is 17.0 Å². The van der Waals surface area contributed by atoms with Crippen LogP contribution < -0.4 is 5.73 Å². The Labute approximate surface area is 237 Å². The summed E-state index contributed by atoms with van der Waals surface area (Å²) in [5.74, 6) is -1.50. The van der Waals surface area contributed by atoms with Gasteiger partial charge >= 0.3 is 0 Å². The summed E-state index contributed by atoms with van der Waals surface area (Å²) in [6, 6.07) is 15.6. The number of nitrogens with two attached hydrogens (primary N) is 1. The Morgan fingerprint density at radius 2 is 1.32 bits per heavy atom. The molecule has 0 aliphatic heterocycles. The molecule has 1 atom stereocenters. The molecule has 0 radical (unpaired) electrons. The van der Waals surface area contributed by atoms with Crippen LogP contribution in [0.5, 0.6) is 0 Å². The SMILES string of the molecule is CC(=O)C1C(=O)CC(c2ccccc2Br)CC1=O.Cc1nc(N)nc2c1C(=O)CC(c1ccccc1Br)C2. The van der Waals surface area contributed by atoms with Crippen LogP contribution >= 0.6 is 31.9 Å². The first-order chi connectivity index (χ1) is 18.1. The van der Waals surface area contributed by atoms with Gasteiger partial charge in [0.15, 0.2) is 17.3 Å². The summed E-state index contributed by atoms with van der Waals surface area (Å²) in [7, 11) is 0. The molecule has 1 heterocycles. The summed E-state index contributed by atoms with van der Waals surface area (Å²) >= 11 is 6.98. The smallest absolute Gasteiger partial charge is 0.220 e. The molecule has 2 aliphatic rings. The Kier molecular flexibility index (Phi) is 8.67. The molecule has 5 rings (SSSR count). The molecule has 0 spiro atoms. The van der Waals surface area contributed by atoms with Crippen molar-refractivity contribution in [3.05, 3.63) is 85.6 Å². The van der Waals surface area contributed by atoms with Crippen molar-refractivity contribution in [2.45, 2.75) is 51.4 Å². The lowest BCUT2D eigenvalue weighted by Crippen LogP contribution is -2.37. The number of nitrogens with zero attached hydrogens (tertiary/aromatic N) is 2. The fraction of sp³-hybridized carbons (Fsp3) is 0.310. The molecule has 1 unspecified atom stereocenters. The normalized spacial score (nSPS) is 20.8. The Morgan fingerprint density at radius 1 is 0.816 bits per heavy atom. The highest BCUT2D eigenvalue weighted by Crippen LogP contribution is 2.37. The minimum absolute atomic E-state index is 0.101. The molecule has 1 fully saturated rings. The fourth-order valence-corrected chi connectivity index (χ4v) is 6.49. The number of nitrogen functional groups attached to an aromatic ring is 1. The number of hydrogen-bond acceptors (Lipinski definition) is 7. The van der Waals surface area contributed by atoms with Gasteiger partial charge in [-0.3, -0.25) is 19.2 Å². The van der Waals surface area contributed by atoms with Crippen molar-refractivity contribution in [2.75, 3.05) is 5.73 Å². The number of aryl methyl sites for hydroxylation is 1. The average Bonchev–Trinajstić information content (AvgIpc) is 2.83. The van der Waals surface area contributed by atoms with Crippen molar-refractivity contribution in [3.63, 3.8) is 0 Å². The third kappa shape index (κ3) is 5.99. The molecule has 2 N–H and O–H groups in total. The van der Waals surface area contributed by atoms with E-state index in [0.29, 0.717) is 17.7 Å². The molecule has 0 amide bonds. The van der Waals surface area contributed by atoms with Gasteiger partial charge in [0.2, 0.25) is 5.95 Å². The molecule has 2 aliphatic carbocycles. The maximum Gasteiger partial charge on any atom is 0.220 e. The van der Waals surface area contributed by atoms with E-state index in [1.165, 1.54) is 6.92 Å². The van der Waals surface area contributed by atoms with Crippen LogP contribution in [0.25, 0.3) is 0 Å². The van der Waals surface area contributed by atoms with Gasteiger partial charge < -0.3 is 5.73 Å². The van der Waals surface area contributed by atoms with Gasteiger partial charge in [-0.15, -0.1) is 0 Å². The first-order valence-corrected chi connectivity index (χ1v) is 13.9. The highest BCUT2D eigenvalue weighted by molar-refractivity contribution is 9.10. The summed E-state index contributed by atoms with van der Waals surface area (Å²) in [6.07, 6.45) is 1.73. The lowest BCUT2D eigenvalue weighted by atomic mass is 9.75. The van der Waals surface area contributed by atoms with E-state index in [4.69, 9.17) is 5.73 Å².